The minimum atomic E-state index is 0.160. The molecule has 1 aliphatic carbocycles. The summed E-state index contributed by atoms with van der Waals surface area (Å²) in [5.74, 6) is 0.724. The predicted molar refractivity (Wildman–Crippen MR) is 87.0 cm³/mol. The molecule has 1 aromatic heterocycles. The van der Waals surface area contributed by atoms with E-state index in [4.69, 9.17) is 11.6 Å². The molecule has 0 radical (unpaired) electrons. The molecule has 0 saturated heterocycles. The highest BCUT2D eigenvalue weighted by Crippen LogP contribution is 2.42. The van der Waals surface area contributed by atoms with Crippen molar-refractivity contribution in [1.82, 2.24) is 4.98 Å². The van der Waals surface area contributed by atoms with Gasteiger partial charge in [-0.3, -0.25) is 0 Å². The monoisotopic (exact) mass is 305 g/mol. The average Bonchev–Trinajstić information content (AvgIpc) is 2.90. The van der Waals surface area contributed by atoms with Crippen molar-refractivity contribution >= 4 is 22.9 Å². The Morgan fingerprint density at radius 1 is 1.35 bits per heavy atom. The molecule has 3 heteroatoms. The van der Waals surface area contributed by atoms with Gasteiger partial charge in [-0.15, -0.1) is 22.9 Å². The quantitative estimate of drug-likeness (QED) is 0.732. The van der Waals surface area contributed by atoms with Crippen LogP contribution in [0.4, 0.5) is 0 Å². The Morgan fingerprint density at radius 2 is 2.20 bits per heavy atom. The smallest absolute Gasteiger partial charge is 0.0797 e. The number of hydrogen-bond acceptors (Lipinski definition) is 2. The normalized spacial score (nSPS) is 21.7. The summed E-state index contributed by atoms with van der Waals surface area (Å²) in [6, 6.07) is 8.87. The van der Waals surface area contributed by atoms with Gasteiger partial charge in [-0.1, -0.05) is 24.3 Å². The molecule has 0 N–H and O–H groups in total. The summed E-state index contributed by atoms with van der Waals surface area (Å²) in [6.45, 7) is 2.11. The molecule has 20 heavy (non-hydrogen) atoms. The molecule has 3 rings (SSSR count). The van der Waals surface area contributed by atoms with Gasteiger partial charge in [0.25, 0.3) is 0 Å². The number of alkyl halides is 1. The van der Waals surface area contributed by atoms with Crippen LogP contribution in [0, 0.1) is 6.92 Å². The number of hydrogen-bond donors (Lipinski definition) is 0. The number of nitrogens with zero attached hydrogens (tertiary/aromatic N) is 1. The molecule has 0 saturated carbocycles. The lowest BCUT2D eigenvalue weighted by atomic mass is 9.68. The van der Waals surface area contributed by atoms with Crippen molar-refractivity contribution in [3.63, 3.8) is 0 Å². The van der Waals surface area contributed by atoms with E-state index in [9.17, 15) is 0 Å². The van der Waals surface area contributed by atoms with E-state index in [2.05, 4.69) is 36.2 Å². The van der Waals surface area contributed by atoms with Crippen molar-refractivity contribution < 1.29 is 0 Å². The number of thiazole rings is 1. The van der Waals surface area contributed by atoms with Crippen LogP contribution in [0.1, 0.15) is 41.0 Å². The molecular formula is C17H20ClNS. The fourth-order valence-electron chi connectivity index (χ4n) is 3.39. The van der Waals surface area contributed by atoms with Crippen molar-refractivity contribution in [2.45, 2.75) is 44.4 Å². The van der Waals surface area contributed by atoms with Gasteiger partial charge in [-0.05, 0) is 50.2 Å². The summed E-state index contributed by atoms with van der Waals surface area (Å²) < 4.78 is 0. The Morgan fingerprint density at radius 3 is 2.95 bits per heavy atom. The lowest BCUT2D eigenvalue weighted by Crippen LogP contribution is -2.33. The maximum absolute atomic E-state index is 6.43. The zero-order chi connectivity index (χ0) is 14.0. The molecule has 1 nitrogen and oxygen atoms in total. The second kappa shape index (κ2) is 5.87. The van der Waals surface area contributed by atoms with E-state index < -0.39 is 0 Å². The van der Waals surface area contributed by atoms with E-state index in [0.29, 0.717) is 0 Å². The molecule has 1 aromatic carbocycles. The number of aromatic nitrogens is 1. The molecule has 1 aliphatic rings. The third-order valence-corrected chi connectivity index (χ3v) is 6.13. The first-order valence-corrected chi connectivity index (χ1v) is 8.70. The van der Waals surface area contributed by atoms with E-state index in [1.807, 2.05) is 5.51 Å². The molecule has 0 fully saturated rings. The van der Waals surface area contributed by atoms with Crippen LogP contribution in [0.3, 0.4) is 0 Å². The molecule has 0 bridgehead atoms. The lowest BCUT2D eigenvalue weighted by Gasteiger charge is -2.38. The van der Waals surface area contributed by atoms with Gasteiger partial charge in [0.05, 0.1) is 11.2 Å². The van der Waals surface area contributed by atoms with Crippen molar-refractivity contribution in [3.05, 3.63) is 51.5 Å². The second-order valence-corrected chi connectivity index (χ2v) is 6.99. The number of aryl methyl sites for hydroxylation is 3. The number of benzene rings is 1. The predicted octanol–water partition coefficient (Wildman–Crippen LogP) is 4.90. The van der Waals surface area contributed by atoms with E-state index in [1.54, 1.807) is 11.3 Å². The fourth-order valence-corrected chi connectivity index (χ4v) is 4.58. The Bertz CT molecular complexity index is 592. The molecule has 106 valence electrons. The summed E-state index contributed by atoms with van der Waals surface area (Å²) in [7, 11) is 0. The largest absolute Gasteiger partial charge is 0.250 e. The second-order valence-electron chi connectivity index (χ2n) is 5.79. The van der Waals surface area contributed by atoms with Gasteiger partial charge in [0.15, 0.2) is 0 Å². The Balaban J connectivity index is 1.87. The lowest BCUT2D eigenvalue weighted by molar-refractivity contribution is 0.372. The Labute approximate surface area is 130 Å². The van der Waals surface area contributed by atoms with Gasteiger partial charge in [0.2, 0.25) is 0 Å². The van der Waals surface area contributed by atoms with Crippen molar-refractivity contribution in [3.8, 4) is 0 Å². The highest BCUT2D eigenvalue weighted by molar-refractivity contribution is 7.09. The molecule has 2 aromatic rings. The van der Waals surface area contributed by atoms with Gasteiger partial charge >= 0.3 is 0 Å². The molecule has 0 amide bonds. The third-order valence-electron chi connectivity index (χ3n) is 4.62. The van der Waals surface area contributed by atoms with Crippen molar-refractivity contribution in [2.24, 2.45) is 0 Å². The minimum Gasteiger partial charge on any atom is -0.250 e. The van der Waals surface area contributed by atoms with Crippen molar-refractivity contribution in [2.75, 3.05) is 5.88 Å². The van der Waals surface area contributed by atoms with Crippen LogP contribution in [-0.4, -0.2) is 10.9 Å². The summed E-state index contributed by atoms with van der Waals surface area (Å²) in [5, 5.41) is 0. The molecular weight excluding hydrogens is 286 g/mol. The molecule has 0 spiro atoms. The van der Waals surface area contributed by atoms with E-state index >= 15 is 0 Å². The number of fused-ring (bicyclic) bond motifs is 1. The Hall–Kier alpha value is -0.860. The molecule has 1 heterocycles. The summed E-state index contributed by atoms with van der Waals surface area (Å²) in [4.78, 5) is 5.77. The van der Waals surface area contributed by atoms with Crippen LogP contribution in [0.25, 0.3) is 0 Å². The van der Waals surface area contributed by atoms with Crippen molar-refractivity contribution in [1.29, 1.82) is 0 Å². The summed E-state index contributed by atoms with van der Waals surface area (Å²) >= 11 is 8.21. The van der Waals surface area contributed by atoms with Gasteiger partial charge in [0.1, 0.15) is 0 Å². The SMILES string of the molecule is Cc1ncsc1CCC1(CCl)CCCc2ccccc21. The van der Waals surface area contributed by atoms with Crippen LogP contribution in [-0.2, 0) is 18.3 Å². The zero-order valence-electron chi connectivity index (χ0n) is 11.9. The Kier molecular flexibility index (Phi) is 4.13. The van der Waals surface area contributed by atoms with Crippen LogP contribution in [0.15, 0.2) is 29.8 Å². The van der Waals surface area contributed by atoms with Gasteiger partial charge < -0.3 is 0 Å². The summed E-state index contributed by atoms with van der Waals surface area (Å²) in [5.41, 5.74) is 6.28. The molecule has 1 unspecified atom stereocenters. The topological polar surface area (TPSA) is 12.9 Å². The first-order chi connectivity index (χ1) is 9.75. The van der Waals surface area contributed by atoms with Gasteiger partial charge in [-0.25, -0.2) is 4.98 Å². The first kappa shape index (κ1) is 14.1. The molecule has 1 atom stereocenters. The zero-order valence-corrected chi connectivity index (χ0v) is 13.4. The third kappa shape index (κ3) is 2.51. The van der Waals surface area contributed by atoms with Gasteiger partial charge in [0, 0.05) is 16.2 Å². The molecule has 0 aliphatic heterocycles. The van der Waals surface area contributed by atoms with Crippen LogP contribution >= 0.6 is 22.9 Å². The van der Waals surface area contributed by atoms with E-state index in [1.165, 1.54) is 41.0 Å². The van der Waals surface area contributed by atoms with Crippen LogP contribution in [0.2, 0.25) is 0 Å². The standard InChI is InChI=1S/C17H20ClNS/c1-13-16(20-12-19-13)8-10-17(11-18)9-4-6-14-5-2-3-7-15(14)17/h2-3,5,7,12H,4,6,8-11H2,1H3. The van der Waals surface area contributed by atoms with Gasteiger partial charge in [-0.2, -0.15) is 0 Å². The number of halogens is 1. The van der Waals surface area contributed by atoms with Crippen LogP contribution < -0.4 is 0 Å². The maximum atomic E-state index is 6.43. The first-order valence-electron chi connectivity index (χ1n) is 7.28. The average molecular weight is 306 g/mol. The van der Waals surface area contributed by atoms with E-state index in [-0.39, 0.29) is 5.41 Å². The minimum absolute atomic E-state index is 0.160. The maximum Gasteiger partial charge on any atom is 0.0797 e. The van der Waals surface area contributed by atoms with Crippen LogP contribution in [0.5, 0.6) is 0 Å². The highest BCUT2D eigenvalue weighted by Gasteiger charge is 2.35. The number of rotatable bonds is 4. The summed E-state index contributed by atoms with van der Waals surface area (Å²) in [6.07, 6.45) is 5.90. The van der Waals surface area contributed by atoms with E-state index in [0.717, 1.165) is 18.7 Å². The fraction of sp³-hybridized carbons (Fsp3) is 0.471. The highest BCUT2D eigenvalue weighted by atomic mass is 35.5.